The zero-order valence-electron chi connectivity index (χ0n) is 20.3. The number of H-pyrrole nitrogens is 1. The average molecular weight is 542 g/mol. The lowest BCUT2D eigenvalue weighted by Gasteiger charge is -2.09. The number of anilines is 2. The quantitative estimate of drug-likeness (QED) is 0.251. The Morgan fingerprint density at radius 1 is 1.03 bits per heavy atom. The lowest BCUT2D eigenvalue weighted by Crippen LogP contribution is -2.11. The third kappa shape index (κ3) is 4.82. The molecule has 0 aliphatic rings. The van der Waals surface area contributed by atoms with E-state index in [-0.39, 0.29) is 4.90 Å². The summed E-state index contributed by atoms with van der Waals surface area (Å²) in [6, 6.07) is 20.7. The molecule has 0 atom stereocenters. The first-order valence-electron chi connectivity index (χ1n) is 11.8. The largest absolute Gasteiger partial charge is 0.346 e. The highest BCUT2D eigenvalue weighted by atomic mass is 32.2. The van der Waals surface area contributed by atoms with Gasteiger partial charge in [0, 0.05) is 41.1 Å². The van der Waals surface area contributed by atoms with Crippen LogP contribution in [0, 0.1) is 6.92 Å². The number of aromatic nitrogens is 5. The number of aromatic amines is 1. The summed E-state index contributed by atoms with van der Waals surface area (Å²) < 4.78 is 25.7. The molecule has 0 amide bonds. The Hall–Kier alpha value is -4.32. The Bertz CT molecular complexity index is 1870. The smallest absolute Gasteiger partial charge is 0.238 e. The van der Waals surface area contributed by atoms with Crippen LogP contribution in [0.4, 0.5) is 11.6 Å². The van der Waals surface area contributed by atoms with Crippen LogP contribution >= 0.6 is 11.3 Å². The van der Waals surface area contributed by atoms with E-state index >= 15 is 0 Å². The number of nitrogens with one attached hydrogen (secondary N) is 2. The van der Waals surface area contributed by atoms with Crippen LogP contribution < -0.4 is 10.5 Å². The van der Waals surface area contributed by atoms with Crippen molar-refractivity contribution in [2.45, 2.75) is 18.4 Å². The fourth-order valence-corrected chi connectivity index (χ4v) is 5.79. The molecule has 4 heterocycles. The summed E-state index contributed by atoms with van der Waals surface area (Å²) >= 11 is 1.52. The molecule has 4 aromatic heterocycles. The van der Waals surface area contributed by atoms with E-state index in [2.05, 4.69) is 37.0 Å². The number of fused-ring (bicyclic) bond motifs is 1. The first-order valence-corrected chi connectivity index (χ1v) is 14.1. The van der Waals surface area contributed by atoms with E-state index in [0.717, 1.165) is 55.7 Å². The summed E-state index contributed by atoms with van der Waals surface area (Å²) in [4.78, 5) is 18.9. The van der Waals surface area contributed by atoms with Crippen LogP contribution in [0.5, 0.6) is 0 Å². The molecule has 0 aliphatic heterocycles. The van der Waals surface area contributed by atoms with Gasteiger partial charge < -0.3 is 14.9 Å². The van der Waals surface area contributed by atoms with E-state index in [1.54, 1.807) is 18.3 Å². The van der Waals surface area contributed by atoms with E-state index in [4.69, 9.17) is 10.1 Å². The highest BCUT2D eigenvalue weighted by Gasteiger charge is 2.15. The normalized spacial score (nSPS) is 11.7. The summed E-state index contributed by atoms with van der Waals surface area (Å²) in [5, 5.41) is 9.53. The van der Waals surface area contributed by atoms with E-state index < -0.39 is 10.0 Å². The summed E-state index contributed by atoms with van der Waals surface area (Å²) in [6.07, 6.45) is 5.61. The molecule has 0 bridgehead atoms. The van der Waals surface area contributed by atoms with Crippen molar-refractivity contribution in [3.8, 4) is 21.0 Å². The molecule has 0 fully saturated rings. The van der Waals surface area contributed by atoms with Crippen molar-refractivity contribution in [3.63, 3.8) is 0 Å². The predicted octanol–water partition coefficient (Wildman–Crippen LogP) is 5.30. The second kappa shape index (κ2) is 9.53. The molecule has 0 saturated heterocycles. The molecule has 0 spiro atoms. The minimum absolute atomic E-state index is 0.0812. The molecular weight excluding hydrogens is 518 g/mol. The van der Waals surface area contributed by atoms with E-state index in [0.29, 0.717) is 5.95 Å². The third-order valence-electron chi connectivity index (χ3n) is 6.19. The lowest BCUT2D eigenvalue weighted by atomic mass is 10.2. The van der Waals surface area contributed by atoms with Gasteiger partial charge in [-0.15, -0.1) is 11.3 Å². The molecule has 9 nitrogen and oxygen atoms in total. The second-order valence-corrected chi connectivity index (χ2v) is 11.4. The standard InChI is InChI=1S/C27H23N7O2S2/c1-17-29-13-14-34(17)16-18-5-7-20(8-6-18)31-27-32-25(22-11-12-30-26(22)33-27)24-10-9-23(37-24)19-3-2-4-21(15-19)38(28,35)36/h2-15H,16H2,1H3,(H2,28,35,36)(H2,30,31,32,33). The Morgan fingerprint density at radius 3 is 2.61 bits per heavy atom. The number of hydrogen-bond donors (Lipinski definition) is 3. The van der Waals surface area contributed by atoms with Crippen molar-refractivity contribution < 1.29 is 8.42 Å². The number of hydrogen-bond acceptors (Lipinski definition) is 7. The maximum atomic E-state index is 11.8. The van der Waals surface area contributed by atoms with Gasteiger partial charge in [0.1, 0.15) is 11.5 Å². The van der Waals surface area contributed by atoms with Crippen LogP contribution in [0.25, 0.3) is 32.0 Å². The van der Waals surface area contributed by atoms with Gasteiger partial charge in [-0.05, 0) is 60.5 Å². The van der Waals surface area contributed by atoms with Gasteiger partial charge >= 0.3 is 0 Å². The molecular formula is C27H23N7O2S2. The number of benzene rings is 2. The average Bonchev–Trinajstić information content (AvgIpc) is 3.66. The van der Waals surface area contributed by atoms with Gasteiger partial charge in [-0.3, -0.25) is 0 Å². The van der Waals surface area contributed by atoms with Crippen molar-refractivity contribution in [3.05, 3.63) is 96.7 Å². The van der Waals surface area contributed by atoms with Gasteiger partial charge in [0.05, 0.1) is 15.5 Å². The Balaban J connectivity index is 1.29. The molecule has 38 heavy (non-hydrogen) atoms. The topological polar surface area (TPSA) is 132 Å². The first kappa shape index (κ1) is 24.0. The van der Waals surface area contributed by atoms with Crippen molar-refractivity contribution >= 4 is 44.0 Å². The number of aryl methyl sites for hydroxylation is 1. The van der Waals surface area contributed by atoms with Gasteiger partial charge in [0.2, 0.25) is 16.0 Å². The predicted molar refractivity (Wildman–Crippen MR) is 150 cm³/mol. The molecule has 0 aliphatic carbocycles. The molecule has 0 radical (unpaired) electrons. The number of imidazole rings is 1. The van der Waals surface area contributed by atoms with Crippen LogP contribution in [0.1, 0.15) is 11.4 Å². The van der Waals surface area contributed by atoms with Crippen LogP contribution in [0.3, 0.4) is 0 Å². The summed E-state index contributed by atoms with van der Waals surface area (Å²) in [6.45, 7) is 2.74. The van der Waals surface area contributed by atoms with Crippen molar-refractivity contribution in [1.29, 1.82) is 0 Å². The van der Waals surface area contributed by atoms with E-state index in [1.165, 1.54) is 17.4 Å². The highest BCUT2D eigenvalue weighted by Crippen LogP contribution is 2.37. The lowest BCUT2D eigenvalue weighted by molar-refractivity contribution is 0.598. The summed E-state index contributed by atoms with van der Waals surface area (Å²) in [7, 11) is -3.79. The number of thiophene rings is 1. The maximum Gasteiger partial charge on any atom is 0.238 e. The number of rotatable bonds is 7. The zero-order valence-corrected chi connectivity index (χ0v) is 21.9. The van der Waals surface area contributed by atoms with Crippen LogP contribution in [-0.2, 0) is 16.6 Å². The zero-order chi connectivity index (χ0) is 26.3. The second-order valence-electron chi connectivity index (χ2n) is 8.80. The van der Waals surface area contributed by atoms with Crippen molar-refractivity contribution in [2.75, 3.05) is 5.32 Å². The molecule has 6 aromatic rings. The molecule has 11 heteroatoms. The van der Waals surface area contributed by atoms with Crippen molar-refractivity contribution in [2.24, 2.45) is 5.14 Å². The van der Waals surface area contributed by atoms with E-state index in [1.807, 2.05) is 55.7 Å². The van der Waals surface area contributed by atoms with Gasteiger partial charge in [0.15, 0.2) is 0 Å². The Kier molecular flexibility index (Phi) is 6.03. The molecule has 0 unspecified atom stereocenters. The molecule has 4 N–H and O–H groups in total. The number of primary sulfonamides is 1. The van der Waals surface area contributed by atoms with Gasteiger partial charge in [-0.25, -0.2) is 23.5 Å². The Morgan fingerprint density at radius 2 is 1.84 bits per heavy atom. The summed E-state index contributed by atoms with van der Waals surface area (Å²) in [5.74, 6) is 1.44. The maximum absolute atomic E-state index is 11.8. The number of sulfonamides is 1. The third-order valence-corrected chi connectivity index (χ3v) is 8.24. The number of nitrogens with two attached hydrogens (primary N) is 1. The molecule has 0 saturated carbocycles. The fourth-order valence-electron chi connectivity index (χ4n) is 4.22. The van der Waals surface area contributed by atoms with Gasteiger partial charge in [0.25, 0.3) is 0 Å². The number of nitrogens with zero attached hydrogens (tertiary/aromatic N) is 4. The van der Waals surface area contributed by atoms with Crippen molar-refractivity contribution in [1.82, 2.24) is 24.5 Å². The fraction of sp³-hybridized carbons (Fsp3) is 0.0741. The van der Waals surface area contributed by atoms with Crippen LogP contribution in [0.15, 0.2) is 90.2 Å². The molecule has 190 valence electrons. The Labute approximate surface area is 223 Å². The summed E-state index contributed by atoms with van der Waals surface area (Å²) in [5.41, 5.74) is 4.31. The highest BCUT2D eigenvalue weighted by molar-refractivity contribution is 7.89. The SMILES string of the molecule is Cc1nccn1Cc1ccc(Nc2nc(-c3ccc(-c4cccc(S(N)(=O)=O)c4)s3)c3cc[nH]c3n2)cc1. The van der Waals surface area contributed by atoms with Gasteiger partial charge in [-0.1, -0.05) is 24.3 Å². The van der Waals surface area contributed by atoms with E-state index in [9.17, 15) is 8.42 Å². The van der Waals surface area contributed by atoms with Gasteiger partial charge in [-0.2, -0.15) is 4.98 Å². The minimum atomic E-state index is -3.79. The minimum Gasteiger partial charge on any atom is -0.346 e. The molecule has 6 rings (SSSR count). The molecule has 2 aromatic carbocycles. The van der Waals surface area contributed by atoms with Crippen LogP contribution in [0.2, 0.25) is 0 Å². The first-order chi connectivity index (χ1) is 18.3. The monoisotopic (exact) mass is 541 g/mol. The van der Waals surface area contributed by atoms with Crippen LogP contribution in [-0.4, -0.2) is 32.9 Å².